The molecule has 2 aliphatic rings. The van der Waals surface area contributed by atoms with Crippen molar-refractivity contribution in [2.24, 2.45) is 0 Å². The van der Waals surface area contributed by atoms with Gasteiger partial charge >= 0.3 is 11.9 Å². The molecule has 0 spiro atoms. The predicted octanol–water partition coefficient (Wildman–Crippen LogP) is 2.48. The zero-order valence-corrected chi connectivity index (χ0v) is 36.4. The molecule has 4 rings (SSSR count). The van der Waals surface area contributed by atoms with E-state index >= 15 is 0 Å². The molecule has 2 aromatic rings. The molecule has 26 heteroatoms. The number of carboxylic acids is 1. The lowest BCUT2D eigenvalue weighted by Crippen LogP contribution is -2.30. The number of esters is 1. The van der Waals surface area contributed by atoms with Crippen molar-refractivity contribution in [3.05, 3.63) is 70.4 Å². The minimum atomic E-state index is -5.03. The number of carboxylic acid groups (broad SMARTS) is 1. The summed E-state index contributed by atoms with van der Waals surface area (Å²) in [5.74, 6) is -4.99. The van der Waals surface area contributed by atoms with Crippen LogP contribution in [0.3, 0.4) is 0 Å². The molecule has 0 atom stereocenters. The van der Waals surface area contributed by atoms with Gasteiger partial charge in [-0.05, 0) is 51.0 Å². The highest BCUT2D eigenvalue weighted by molar-refractivity contribution is 7.86. The number of fused-ring (bicyclic) bond motifs is 2. The molecule has 0 saturated heterocycles. The van der Waals surface area contributed by atoms with E-state index in [0.717, 1.165) is 24.3 Å². The maximum atomic E-state index is 13.5. The molecule has 0 unspecified atom stereocenters. The van der Waals surface area contributed by atoms with Gasteiger partial charge in [0, 0.05) is 47.5 Å². The van der Waals surface area contributed by atoms with Crippen molar-refractivity contribution in [2.45, 2.75) is 67.6 Å². The molecule has 2 aliphatic heterocycles. The molecule has 0 amide bonds. The third kappa shape index (κ3) is 11.2. The van der Waals surface area contributed by atoms with Gasteiger partial charge in [0.15, 0.2) is 5.71 Å². The fourth-order valence-corrected chi connectivity index (χ4v) is 9.89. The first-order valence-electron chi connectivity index (χ1n) is 17.6. The van der Waals surface area contributed by atoms with Crippen LogP contribution in [0, 0.1) is 0 Å². The Kier molecular flexibility index (Phi) is 13.7. The summed E-state index contributed by atoms with van der Waals surface area (Å²) < 4.78 is 173. The minimum absolute atomic E-state index is 0.0203. The average molecular weight is 944 g/mol. The number of rotatable bonds is 18. The average Bonchev–Trinajstić information content (AvgIpc) is 3.42. The smallest absolute Gasteiger partial charge is 0.338 e. The second kappa shape index (κ2) is 17.0. The Bertz CT molecular complexity index is 2790. The molecule has 332 valence electrons. The minimum Gasteiger partial charge on any atom is -0.478 e. The molecule has 0 fully saturated rings. The summed E-state index contributed by atoms with van der Waals surface area (Å²) in [5.41, 5.74) is -2.83. The second-order valence-electron chi connectivity index (χ2n) is 14.9. The lowest BCUT2D eigenvalue weighted by atomic mass is 9.78. The van der Waals surface area contributed by atoms with Crippen LogP contribution in [0.25, 0.3) is 0 Å². The number of hydrogen-bond donors (Lipinski definition) is 6. The van der Waals surface area contributed by atoms with Gasteiger partial charge in [-0.25, -0.2) is 9.59 Å². The van der Waals surface area contributed by atoms with E-state index in [4.69, 9.17) is 9.29 Å². The van der Waals surface area contributed by atoms with Crippen molar-refractivity contribution in [2.75, 3.05) is 41.9 Å². The monoisotopic (exact) mass is 943 g/mol. The van der Waals surface area contributed by atoms with Crippen LogP contribution in [-0.4, -0.2) is 129 Å². The van der Waals surface area contributed by atoms with E-state index in [1.807, 2.05) is 0 Å². The van der Waals surface area contributed by atoms with Crippen LogP contribution < -0.4 is 4.90 Å². The number of carbonyl (C=O) groups is 2. The van der Waals surface area contributed by atoms with Gasteiger partial charge in [-0.15, -0.1) is 0 Å². The van der Waals surface area contributed by atoms with Crippen molar-refractivity contribution in [3.63, 3.8) is 0 Å². The van der Waals surface area contributed by atoms with Crippen molar-refractivity contribution in [1.82, 2.24) is 0 Å². The summed E-state index contributed by atoms with van der Waals surface area (Å²) in [6.07, 6.45) is 3.49. The molecular formula is C34H43N2O19S5+. The SMILES string of the molecule is CC1(C)C(/C=C/C=C2/N(CCCS(=O)(=O)O)c3cc(S(=O)(=O)O)cc(C(=O)O)c3C2(C)C)=[N+](CCCS(=O)(=O)O)c2cc(S(=O)(=O)O)cc(C(=O)OCCCS(=O)(=O)O)c21. The fraction of sp³-hybridized carbons (Fsp3) is 0.441. The second-order valence-corrected chi connectivity index (χ2v) is 22.4. The molecule has 21 nitrogen and oxygen atoms in total. The molecule has 2 aromatic carbocycles. The van der Waals surface area contributed by atoms with Crippen LogP contribution in [0.4, 0.5) is 11.4 Å². The Morgan fingerprint density at radius 3 is 1.75 bits per heavy atom. The molecule has 2 heterocycles. The first kappa shape index (κ1) is 48.5. The number of nitrogens with zero attached hydrogens (tertiary/aromatic N) is 2. The van der Waals surface area contributed by atoms with Crippen molar-refractivity contribution in [1.29, 1.82) is 0 Å². The maximum absolute atomic E-state index is 13.5. The largest absolute Gasteiger partial charge is 0.478 e. The van der Waals surface area contributed by atoms with Crippen LogP contribution in [0.1, 0.15) is 78.8 Å². The van der Waals surface area contributed by atoms with Crippen molar-refractivity contribution >= 4 is 79.6 Å². The van der Waals surface area contributed by atoms with E-state index in [0.29, 0.717) is 0 Å². The predicted molar refractivity (Wildman–Crippen MR) is 213 cm³/mol. The van der Waals surface area contributed by atoms with E-state index in [-0.39, 0.29) is 66.3 Å². The Labute approximate surface area is 346 Å². The Hall–Kier alpha value is -4.12. The molecule has 0 aromatic heterocycles. The van der Waals surface area contributed by atoms with Crippen molar-refractivity contribution in [3.8, 4) is 0 Å². The first-order chi connectivity index (χ1) is 27.2. The molecule has 0 bridgehead atoms. The van der Waals surface area contributed by atoms with Gasteiger partial charge in [-0.3, -0.25) is 22.8 Å². The molecule has 6 N–H and O–H groups in total. The number of hydrogen-bond acceptors (Lipinski definition) is 14. The molecule has 0 radical (unpaired) electrons. The van der Waals surface area contributed by atoms with Crippen LogP contribution in [0.15, 0.2) is 58.0 Å². The van der Waals surface area contributed by atoms with Gasteiger partial charge in [0.05, 0.1) is 50.9 Å². The first-order valence-corrected chi connectivity index (χ1v) is 25.3. The number of allylic oxidation sites excluding steroid dienone is 4. The number of carbonyl (C=O) groups excluding carboxylic acids is 1. The topological polar surface area (TPSA) is 342 Å². The number of aromatic carboxylic acids is 1. The molecule has 0 saturated carbocycles. The number of benzene rings is 2. The fourth-order valence-electron chi connectivity index (χ4n) is 7.36. The normalized spacial score (nSPS) is 17.4. The number of anilines is 1. The summed E-state index contributed by atoms with van der Waals surface area (Å²) in [7, 11) is -23.4. The van der Waals surface area contributed by atoms with Gasteiger partial charge in [0.25, 0.3) is 50.6 Å². The Morgan fingerprint density at radius 1 is 0.700 bits per heavy atom. The van der Waals surface area contributed by atoms with Gasteiger partial charge < -0.3 is 14.7 Å². The zero-order chi connectivity index (χ0) is 45.6. The highest BCUT2D eigenvalue weighted by Gasteiger charge is 2.49. The van der Waals surface area contributed by atoms with E-state index in [2.05, 4.69) is 0 Å². The summed E-state index contributed by atoms with van der Waals surface area (Å²) >= 11 is 0. The highest BCUT2D eigenvalue weighted by atomic mass is 32.2. The third-order valence-corrected chi connectivity index (χ3v) is 13.9. The van der Waals surface area contributed by atoms with Crippen LogP contribution in [0.5, 0.6) is 0 Å². The lowest BCUT2D eigenvalue weighted by molar-refractivity contribution is -0.437. The Morgan fingerprint density at radius 2 is 1.22 bits per heavy atom. The standard InChI is InChI=1S/C34H42N2O19S5/c1-33(2)27(35(11-6-14-56(40,41)42)25-19-21(59(49,50)51)17-23(29(25)33)31(37)38)9-5-10-28-34(3,4)30-24(32(39)55-13-8-16-58(46,47)48)18-22(60(52,53)54)20-26(30)36(28)12-7-15-57(43,44)45/h5,9-10,17-20H,6-8,11-16H2,1-4H3,(H5-,37,38,40,41,42,43,44,45,46,47,48,49,50,51,52,53,54)/p+1. The summed E-state index contributed by atoms with van der Waals surface area (Å²) in [6.45, 7) is 5.34. The Balaban J connectivity index is 1.96. The van der Waals surface area contributed by atoms with Gasteiger partial charge in [0.1, 0.15) is 11.4 Å². The highest BCUT2D eigenvalue weighted by Crippen LogP contribution is 2.51. The lowest BCUT2D eigenvalue weighted by Gasteiger charge is -2.27. The van der Waals surface area contributed by atoms with Crippen molar-refractivity contribution < 1.29 is 88.9 Å². The van der Waals surface area contributed by atoms with Crippen LogP contribution >= 0.6 is 0 Å². The van der Waals surface area contributed by atoms with E-state index < -0.39 is 118 Å². The van der Waals surface area contributed by atoms with E-state index in [1.165, 1.54) is 27.7 Å². The summed E-state index contributed by atoms with van der Waals surface area (Å²) in [5, 5.41) is 10.1. The maximum Gasteiger partial charge on any atom is 0.338 e. The molecule has 60 heavy (non-hydrogen) atoms. The molecule has 0 aliphatic carbocycles. The van der Waals surface area contributed by atoms with Gasteiger partial charge in [0.2, 0.25) is 5.69 Å². The summed E-state index contributed by atoms with van der Waals surface area (Å²) in [4.78, 5) is 25.9. The summed E-state index contributed by atoms with van der Waals surface area (Å²) in [6, 6.07) is 3.62. The van der Waals surface area contributed by atoms with Gasteiger partial charge in [-0.1, -0.05) is 19.9 Å². The van der Waals surface area contributed by atoms with Crippen LogP contribution in [0.2, 0.25) is 0 Å². The quantitative estimate of drug-likeness (QED) is 0.0541. The third-order valence-electron chi connectivity index (χ3n) is 9.78. The van der Waals surface area contributed by atoms with Crippen LogP contribution in [-0.2, 0) is 66.2 Å². The zero-order valence-electron chi connectivity index (χ0n) is 32.3. The van der Waals surface area contributed by atoms with E-state index in [1.54, 1.807) is 27.7 Å². The van der Waals surface area contributed by atoms with E-state index in [9.17, 15) is 75.0 Å². The number of ether oxygens (including phenoxy) is 1. The van der Waals surface area contributed by atoms with Gasteiger partial charge in [-0.2, -0.15) is 46.7 Å². The molecular weight excluding hydrogens is 901 g/mol.